The van der Waals surface area contributed by atoms with Crippen molar-refractivity contribution in [1.82, 2.24) is 0 Å². The van der Waals surface area contributed by atoms with Crippen molar-refractivity contribution in [3.8, 4) is 5.75 Å². The van der Waals surface area contributed by atoms with Gasteiger partial charge in [0.05, 0.1) is 7.11 Å². The molecule has 0 amide bonds. The molecular formula is C14H23NO. The lowest BCUT2D eigenvalue weighted by Gasteiger charge is -2.23. The summed E-state index contributed by atoms with van der Waals surface area (Å²) in [6.45, 7) is 6.47. The highest BCUT2D eigenvalue weighted by molar-refractivity contribution is 5.39. The minimum absolute atomic E-state index is 0.0739. The fourth-order valence-electron chi connectivity index (χ4n) is 2.16. The molecule has 0 heterocycles. The van der Waals surface area contributed by atoms with Gasteiger partial charge < -0.3 is 10.5 Å². The Labute approximate surface area is 98.8 Å². The van der Waals surface area contributed by atoms with Crippen molar-refractivity contribution in [1.29, 1.82) is 0 Å². The lowest BCUT2D eigenvalue weighted by Crippen LogP contribution is -2.21. The summed E-state index contributed by atoms with van der Waals surface area (Å²) in [6, 6.07) is 6.28. The molecule has 1 atom stereocenters. The molecule has 1 rings (SSSR count). The molecular weight excluding hydrogens is 198 g/mol. The van der Waals surface area contributed by atoms with E-state index in [9.17, 15) is 0 Å². The van der Waals surface area contributed by atoms with Crippen molar-refractivity contribution in [2.75, 3.05) is 7.11 Å². The summed E-state index contributed by atoms with van der Waals surface area (Å²) in [5, 5.41) is 0. The molecule has 0 aromatic heterocycles. The largest absolute Gasteiger partial charge is 0.496 e. The maximum atomic E-state index is 6.33. The van der Waals surface area contributed by atoms with E-state index in [0.29, 0.717) is 5.92 Å². The Morgan fingerprint density at radius 1 is 1.25 bits per heavy atom. The van der Waals surface area contributed by atoms with Crippen LogP contribution in [0.5, 0.6) is 5.75 Å². The normalized spacial score (nSPS) is 12.9. The SMILES string of the molecule is CCC(CC)C(N)c1cc(C)ccc1OC. The van der Waals surface area contributed by atoms with Crippen LogP contribution in [0.3, 0.4) is 0 Å². The van der Waals surface area contributed by atoms with Crippen LogP contribution in [0.1, 0.15) is 43.9 Å². The molecule has 90 valence electrons. The van der Waals surface area contributed by atoms with E-state index >= 15 is 0 Å². The zero-order valence-corrected chi connectivity index (χ0v) is 10.8. The van der Waals surface area contributed by atoms with E-state index in [-0.39, 0.29) is 6.04 Å². The first-order valence-corrected chi connectivity index (χ1v) is 6.04. The van der Waals surface area contributed by atoms with Crippen LogP contribution in [0.2, 0.25) is 0 Å². The molecule has 0 aliphatic carbocycles. The Hall–Kier alpha value is -1.02. The van der Waals surface area contributed by atoms with Crippen molar-refractivity contribution >= 4 is 0 Å². The first-order chi connectivity index (χ1) is 7.63. The summed E-state index contributed by atoms with van der Waals surface area (Å²) in [4.78, 5) is 0. The van der Waals surface area contributed by atoms with Gasteiger partial charge in [-0.3, -0.25) is 0 Å². The predicted octanol–water partition coefficient (Wildman–Crippen LogP) is 3.44. The molecule has 0 bridgehead atoms. The maximum Gasteiger partial charge on any atom is 0.123 e. The Bertz CT molecular complexity index is 332. The van der Waals surface area contributed by atoms with Crippen molar-refractivity contribution < 1.29 is 4.74 Å². The molecule has 0 aliphatic heterocycles. The first-order valence-electron chi connectivity index (χ1n) is 6.04. The first kappa shape index (κ1) is 13.0. The van der Waals surface area contributed by atoms with Crippen LogP contribution in [-0.2, 0) is 0 Å². The van der Waals surface area contributed by atoms with Gasteiger partial charge in [-0.2, -0.15) is 0 Å². The second-order valence-electron chi connectivity index (χ2n) is 4.35. The van der Waals surface area contributed by atoms with Gasteiger partial charge in [0.25, 0.3) is 0 Å². The molecule has 1 aromatic rings. The fraction of sp³-hybridized carbons (Fsp3) is 0.571. The van der Waals surface area contributed by atoms with Gasteiger partial charge in [0.2, 0.25) is 0 Å². The molecule has 0 radical (unpaired) electrons. The van der Waals surface area contributed by atoms with Gasteiger partial charge >= 0.3 is 0 Å². The van der Waals surface area contributed by atoms with Crippen LogP contribution in [-0.4, -0.2) is 7.11 Å². The van der Waals surface area contributed by atoms with Crippen LogP contribution in [0.15, 0.2) is 18.2 Å². The summed E-state index contributed by atoms with van der Waals surface area (Å²) in [5.41, 5.74) is 8.69. The average molecular weight is 221 g/mol. The van der Waals surface area contributed by atoms with Gasteiger partial charge in [-0.25, -0.2) is 0 Å². The number of nitrogens with two attached hydrogens (primary N) is 1. The number of methoxy groups -OCH3 is 1. The number of aryl methyl sites for hydroxylation is 1. The second kappa shape index (κ2) is 5.90. The lowest BCUT2D eigenvalue weighted by molar-refractivity contribution is 0.371. The molecule has 2 N–H and O–H groups in total. The highest BCUT2D eigenvalue weighted by Gasteiger charge is 2.19. The third-order valence-electron chi connectivity index (χ3n) is 3.30. The van der Waals surface area contributed by atoms with Crippen molar-refractivity contribution in [3.05, 3.63) is 29.3 Å². The molecule has 16 heavy (non-hydrogen) atoms. The minimum Gasteiger partial charge on any atom is -0.496 e. The summed E-state index contributed by atoms with van der Waals surface area (Å²) < 4.78 is 5.38. The predicted molar refractivity (Wildman–Crippen MR) is 68.7 cm³/mol. The Morgan fingerprint density at radius 3 is 2.38 bits per heavy atom. The fourth-order valence-corrected chi connectivity index (χ4v) is 2.16. The minimum atomic E-state index is 0.0739. The van der Waals surface area contributed by atoms with Gasteiger partial charge in [-0.15, -0.1) is 0 Å². The van der Waals surface area contributed by atoms with E-state index < -0.39 is 0 Å². The molecule has 0 spiro atoms. The van der Waals surface area contributed by atoms with Crippen molar-refractivity contribution in [2.45, 2.75) is 39.7 Å². The van der Waals surface area contributed by atoms with Crippen LogP contribution < -0.4 is 10.5 Å². The molecule has 0 aliphatic rings. The zero-order valence-electron chi connectivity index (χ0n) is 10.8. The number of hydrogen-bond acceptors (Lipinski definition) is 2. The molecule has 2 nitrogen and oxygen atoms in total. The van der Waals surface area contributed by atoms with E-state index in [4.69, 9.17) is 10.5 Å². The molecule has 0 saturated carbocycles. The molecule has 2 heteroatoms. The summed E-state index contributed by atoms with van der Waals surface area (Å²) >= 11 is 0. The number of benzene rings is 1. The molecule has 1 aromatic carbocycles. The lowest BCUT2D eigenvalue weighted by atomic mass is 9.88. The Balaban J connectivity index is 3.04. The smallest absolute Gasteiger partial charge is 0.123 e. The van der Waals surface area contributed by atoms with Crippen LogP contribution in [0.25, 0.3) is 0 Å². The highest BCUT2D eigenvalue weighted by Crippen LogP contribution is 2.32. The molecule has 0 fully saturated rings. The number of hydrogen-bond donors (Lipinski definition) is 1. The van der Waals surface area contributed by atoms with Gasteiger partial charge in [0, 0.05) is 11.6 Å². The number of rotatable bonds is 5. The molecule has 0 saturated heterocycles. The number of ether oxygens (including phenoxy) is 1. The van der Waals surface area contributed by atoms with Crippen LogP contribution in [0.4, 0.5) is 0 Å². The summed E-state index contributed by atoms with van der Waals surface area (Å²) in [7, 11) is 1.70. The zero-order chi connectivity index (χ0) is 12.1. The Kier molecular flexibility index (Phi) is 4.81. The van der Waals surface area contributed by atoms with Crippen molar-refractivity contribution in [2.24, 2.45) is 11.7 Å². The van der Waals surface area contributed by atoms with E-state index in [1.165, 1.54) is 5.56 Å². The third-order valence-corrected chi connectivity index (χ3v) is 3.30. The maximum absolute atomic E-state index is 6.33. The Morgan fingerprint density at radius 2 is 1.88 bits per heavy atom. The van der Waals surface area contributed by atoms with E-state index in [1.807, 2.05) is 6.07 Å². The topological polar surface area (TPSA) is 35.2 Å². The standard InChI is InChI=1S/C14H23NO/c1-5-11(6-2)14(15)12-9-10(3)7-8-13(12)16-4/h7-9,11,14H,5-6,15H2,1-4H3. The van der Waals surface area contributed by atoms with Crippen LogP contribution >= 0.6 is 0 Å². The average Bonchev–Trinajstić information content (AvgIpc) is 2.30. The van der Waals surface area contributed by atoms with Gasteiger partial charge in [0.15, 0.2) is 0 Å². The van der Waals surface area contributed by atoms with E-state index in [1.54, 1.807) is 7.11 Å². The van der Waals surface area contributed by atoms with Crippen LogP contribution in [0, 0.1) is 12.8 Å². The highest BCUT2D eigenvalue weighted by atomic mass is 16.5. The van der Waals surface area contributed by atoms with E-state index in [2.05, 4.69) is 32.9 Å². The monoisotopic (exact) mass is 221 g/mol. The van der Waals surface area contributed by atoms with E-state index in [0.717, 1.165) is 24.2 Å². The van der Waals surface area contributed by atoms with Gasteiger partial charge in [-0.1, -0.05) is 44.4 Å². The van der Waals surface area contributed by atoms with Gasteiger partial charge in [0.1, 0.15) is 5.75 Å². The van der Waals surface area contributed by atoms with Gasteiger partial charge in [-0.05, 0) is 18.9 Å². The summed E-state index contributed by atoms with van der Waals surface area (Å²) in [5.74, 6) is 1.43. The second-order valence-corrected chi connectivity index (χ2v) is 4.35. The molecule has 1 unspecified atom stereocenters. The quantitative estimate of drug-likeness (QED) is 0.826. The van der Waals surface area contributed by atoms with Crippen molar-refractivity contribution in [3.63, 3.8) is 0 Å². The third kappa shape index (κ3) is 2.76. The summed E-state index contributed by atoms with van der Waals surface area (Å²) in [6.07, 6.45) is 2.21.